The van der Waals surface area contributed by atoms with E-state index in [1.165, 1.54) is 0 Å². The number of carbonyl (C=O) groups is 3. The van der Waals surface area contributed by atoms with Crippen molar-refractivity contribution in [3.63, 3.8) is 0 Å². The van der Waals surface area contributed by atoms with Crippen LogP contribution in [0.3, 0.4) is 0 Å². The molecule has 1 saturated carbocycles. The van der Waals surface area contributed by atoms with Crippen LogP contribution in [0.4, 0.5) is 5.69 Å². The first-order chi connectivity index (χ1) is 13.0. The molecule has 1 aromatic carbocycles. The van der Waals surface area contributed by atoms with Crippen LogP contribution in [0.2, 0.25) is 5.02 Å². The first-order valence-electron chi connectivity index (χ1n) is 9.12. The minimum absolute atomic E-state index is 0.207. The van der Waals surface area contributed by atoms with Gasteiger partial charge in [0.05, 0.1) is 23.2 Å². The highest BCUT2D eigenvalue weighted by Gasteiger charge is 2.48. The van der Waals surface area contributed by atoms with Crippen LogP contribution in [0, 0.1) is 11.8 Å². The third-order valence-electron chi connectivity index (χ3n) is 5.35. The third kappa shape index (κ3) is 3.37. The predicted molar refractivity (Wildman–Crippen MR) is 102 cm³/mol. The fourth-order valence-electron chi connectivity index (χ4n) is 4.04. The second-order valence-electron chi connectivity index (χ2n) is 7.06. The number of rotatable bonds is 4. The van der Waals surface area contributed by atoms with Crippen LogP contribution < -0.4 is 5.32 Å². The Morgan fingerprint density at radius 1 is 1.07 bits per heavy atom. The highest BCUT2D eigenvalue weighted by molar-refractivity contribution is 6.31. The zero-order chi connectivity index (χ0) is 19.0. The van der Waals surface area contributed by atoms with Crippen molar-refractivity contribution in [2.45, 2.75) is 25.7 Å². The number of benzene rings is 1. The van der Waals surface area contributed by atoms with Crippen molar-refractivity contribution in [2.24, 2.45) is 11.8 Å². The molecule has 27 heavy (non-hydrogen) atoms. The number of hydrogen-bond donors (Lipinski definition) is 1. The van der Waals surface area contributed by atoms with Gasteiger partial charge >= 0.3 is 0 Å². The van der Waals surface area contributed by atoms with Gasteiger partial charge in [-0.05, 0) is 43.2 Å². The van der Waals surface area contributed by atoms with E-state index < -0.39 is 5.91 Å². The Morgan fingerprint density at radius 2 is 1.70 bits per heavy atom. The molecule has 2 aliphatic rings. The number of aromatic nitrogens is 1. The lowest BCUT2D eigenvalue weighted by molar-refractivity contribution is -0.142. The van der Waals surface area contributed by atoms with Gasteiger partial charge in [0.25, 0.3) is 0 Å². The largest absolute Gasteiger partial charge is 0.323 e. The van der Waals surface area contributed by atoms with Gasteiger partial charge in [0.1, 0.15) is 6.54 Å². The van der Waals surface area contributed by atoms with Gasteiger partial charge in [-0.25, -0.2) is 0 Å². The van der Waals surface area contributed by atoms with Crippen LogP contribution in [0.25, 0.3) is 5.69 Å². The van der Waals surface area contributed by atoms with E-state index in [9.17, 15) is 14.4 Å². The molecule has 7 heteroatoms. The number of imide groups is 1. The summed E-state index contributed by atoms with van der Waals surface area (Å²) in [4.78, 5) is 38.8. The van der Waals surface area contributed by atoms with E-state index in [1.807, 2.05) is 29.1 Å². The SMILES string of the molecule is O=C(CN1C(=O)C2CCCCC2C1=O)Nc1ccc(Cl)cc1-n1cccc1. The summed E-state index contributed by atoms with van der Waals surface area (Å²) in [7, 11) is 0. The highest BCUT2D eigenvalue weighted by Crippen LogP contribution is 2.38. The maximum atomic E-state index is 12.6. The second-order valence-corrected chi connectivity index (χ2v) is 7.50. The molecule has 3 amide bonds. The van der Waals surface area contributed by atoms with Crippen molar-refractivity contribution in [1.29, 1.82) is 0 Å². The molecule has 2 atom stereocenters. The molecule has 1 aliphatic carbocycles. The lowest BCUT2D eigenvalue weighted by atomic mass is 9.81. The fraction of sp³-hybridized carbons (Fsp3) is 0.350. The number of carbonyl (C=O) groups excluding carboxylic acids is 3. The quantitative estimate of drug-likeness (QED) is 0.821. The normalized spacial score (nSPS) is 22.0. The van der Waals surface area contributed by atoms with Gasteiger partial charge < -0.3 is 9.88 Å². The summed E-state index contributed by atoms with van der Waals surface area (Å²) < 4.78 is 1.84. The van der Waals surface area contributed by atoms with E-state index in [2.05, 4.69) is 5.32 Å². The van der Waals surface area contributed by atoms with E-state index in [-0.39, 0.29) is 30.2 Å². The number of anilines is 1. The molecule has 2 heterocycles. The lowest BCUT2D eigenvalue weighted by Crippen LogP contribution is -2.38. The minimum Gasteiger partial charge on any atom is -0.323 e. The molecule has 0 bridgehead atoms. The number of nitrogens with one attached hydrogen (secondary N) is 1. The Hall–Kier alpha value is -2.60. The lowest BCUT2D eigenvalue weighted by Gasteiger charge is -2.19. The summed E-state index contributed by atoms with van der Waals surface area (Å²) in [5, 5.41) is 3.36. The maximum absolute atomic E-state index is 12.6. The molecule has 2 unspecified atom stereocenters. The molecular weight excluding hydrogens is 366 g/mol. The molecule has 2 aromatic rings. The molecule has 4 rings (SSSR count). The van der Waals surface area contributed by atoms with Crippen molar-refractivity contribution in [1.82, 2.24) is 9.47 Å². The molecule has 6 nitrogen and oxygen atoms in total. The van der Waals surface area contributed by atoms with E-state index in [4.69, 9.17) is 11.6 Å². The van der Waals surface area contributed by atoms with Crippen molar-refractivity contribution in [3.05, 3.63) is 47.7 Å². The number of nitrogens with zero attached hydrogens (tertiary/aromatic N) is 2. The highest BCUT2D eigenvalue weighted by atomic mass is 35.5. The Bertz CT molecular complexity index is 870. The standard InChI is InChI=1S/C20H20ClN3O3/c21-13-7-8-16(17(11-13)23-9-3-4-10-23)22-18(25)12-24-19(26)14-5-1-2-6-15(14)20(24)27/h3-4,7-11,14-15H,1-2,5-6,12H2,(H,22,25). The van der Waals surface area contributed by atoms with Crippen molar-refractivity contribution < 1.29 is 14.4 Å². The molecular formula is C20H20ClN3O3. The molecule has 0 spiro atoms. The van der Waals surface area contributed by atoms with Crippen molar-refractivity contribution in [2.75, 3.05) is 11.9 Å². The van der Waals surface area contributed by atoms with E-state index in [0.717, 1.165) is 30.6 Å². The fourth-order valence-corrected chi connectivity index (χ4v) is 4.21. The summed E-state index contributed by atoms with van der Waals surface area (Å²) >= 11 is 6.09. The van der Waals surface area contributed by atoms with Crippen LogP contribution >= 0.6 is 11.6 Å². The molecule has 2 fully saturated rings. The smallest absolute Gasteiger partial charge is 0.244 e. The monoisotopic (exact) mass is 385 g/mol. The van der Waals surface area contributed by atoms with Gasteiger partial charge in [0.2, 0.25) is 17.7 Å². The number of amides is 3. The number of fused-ring (bicyclic) bond motifs is 1. The zero-order valence-corrected chi connectivity index (χ0v) is 15.5. The number of hydrogen-bond acceptors (Lipinski definition) is 3. The second kappa shape index (κ2) is 7.19. The summed E-state index contributed by atoms with van der Waals surface area (Å²) in [6.45, 7) is -0.252. The number of likely N-dealkylation sites (tertiary alicyclic amines) is 1. The summed E-state index contributed by atoms with van der Waals surface area (Å²) in [6.07, 6.45) is 7.10. The predicted octanol–water partition coefficient (Wildman–Crippen LogP) is 3.24. The summed E-state index contributed by atoms with van der Waals surface area (Å²) in [5.74, 6) is -1.30. The van der Waals surface area contributed by atoms with Crippen molar-refractivity contribution in [3.8, 4) is 5.69 Å². The van der Waals surface area contributed by atoms with Crippen molar-refractivity contribution >= 4 is 35.0 Å². The van der Waals surface area contributed by atoms with Gasteiger partial charge in [0.15, 0.2) is 0 Å². The summed E-state index contributed by atoms with van der Waals surface area (Å²) in [6, 6.07) is 8.89. The Balaban J connectivity index is 1.51. The Labute approximate surface area is 162 Å². The van der Waals surface area contributed by atoms with Crippen LogP contribution in [0.1, 0.15) is 25.7 Å². The topological polar surface area (TPSA) is 71.4 Å². The van der Waals surface area contributed by atoms with Crippen LogP contribution in [0.15, 0.2) is 42.7 Å². The molecule has 1 aromatic heterocycles. The Kier molecular flexibility index (Phi) is 4.74. The maximum Gasteiger partial charge on any atom is 0.244 e. The Morgan fingerprint density at radius 3 is 2.33 bits per heavy atom. The van der Waals surface area contributed by atoms with E-state index >= 15 is 0 Å². The molecule has 1 N–H and O–H groups in total. The van der Waals surface area contributed by atoms with Gasteiger partial charge in [-0.15, -0.1) is 0 Å². The molecule has 0 radical (unpaired) electrons. The van der Waals surface area contributed by atoms with Crippen LogP contribution in [0.5, 0.6) is 0 Å². The van der Waals surface area contributed by atoms with E-state index in [0.29, 0.717) is 16.4 Å². The van der Waals surface area contributed by atoms with Gasteiger partial charge in [-0.3, -0.25) is 19.3 Å². The van der Waals surface area contributed by atoms with Crippen LogP contribution in [-0.2, 0) is 14.4 Å². The van der Waals surface area contributed by atoms with Gasteiger partial charge in [-0.1, -0.05) is 24.4 Å². The van der Waals surface area contributed by atoms with Crippen LogP contribution in [-0.4, -0.2) is 33.7 Å². The zero-order valence-electron chi connectivity index (χ0n) is 14.7. The number of halogens is 1. The summed E-state index contributed by atoms with van der Waals surface area (Å²) in [5.41, 5.74) is 1.28. The average molecular weight is 386 g/mol. The third-order valence-corrected chi connectivity index (χ3v) is 5.59. The minimum atomic E-state index is -0.397. The molecule has 140 valence electrons. The average Bonchev–Trinajstić information content (AvgIpc) is 3.27. The first-order valence-corrected chi connectivity index (χ1v) is 9.50. The molecule has 1 saturated heterocycles. The first kappa shape index (κ1) is 17.8. The molecule has 1 aliphatic heterocycles. The van der Waals surface area contributed by atoms with E-state index in [1.54, 1.807) is 18.2 Å². The van der Waals surface area contributed by atoms with Gasteiger partial charge in [0, 0.05) is 17.4 Å². The van der Waals surface area contributed by atoms with Gasteiger partial charge in [-0.2, -0.15) is 0 Å².